The average Bonchev–Trinajstić information content (AvgIpc) is 2.75. The van der Waals surface area contributed by atoms with Crippen molar-refractivity contribution in [2.75, 3.05) is 38.2 Å². The molecule has 2 aliphatic rings. The van der Waals surface area contributed by atoms with Crippen LogP contribution in [0.3, 0.4) is 0 Å². The van der Waals surface area contributed by atoms with Crippen LogP contribution in [0.25, 0.3) is 0 Å². The minimum atomic E-state index is -2.84. The summed E-state index contributed by atoms with van der Waals surface area (Å²) >= 11 is 0. The fraction of sp³-hybridized carbons (Fsp3) is 0.708. The van der Waals surface area contributed by atoms with E-state index in [1.165, 1.54) is 0 Å². The van der Waals surface area contributed by atoms with E-state index in [-0.39, 0.29) is 5.92 Å². The molecule has 1 aromatic rings. The first-order valence-electron chi connectivity index (χ1n) is 11.6. The Balaban J connectivity index is 1.83. The van der Waals surface area contributed by atoms with Crippen molar-refractivity contribution in [3.05, 3.63) is 35.4 Å². The Morgan fingerprint density at radius 2 is 1.90 bits per heavy atom. The molecule has 3 rings (SSSR count). The second-order valence-electron chi connectivity index (χ2n) is 9.42. The van der Waals surface area contributed by atoms with Crippen molar-refractivity contribution in [3.63, 3.8) is 0 Å². The zero-order valence-electron chi connectivity index (χ0n) is 19.2. The average molecular weight is 451 g/mol. The Morgan fingerprint density at radius 1 is 1.19 bits per heavy atom. The van der Waals surface area contributed by atoms with Crippen molar-refractivity contribution < 1.29 is 17.9 Å². The number of benzene rings is 1. The fourth-order valence-corrected chi connectivity index (χ4v) is 7.37. The van der Waals surface area contributed by atoms with Crippen molar-refractivity contribution in [1.82, 2.24) is 4.90 Å². The van der Waals surface area contributed by atoms with Gasteiger partial charge in [0, 0.05) is 31.7 Å². The third kappa shape index (κ3) is 5.32. The monoisotopic (exact) mass is 450 g/mol. The number of primary amides is 1. The van der Waals surface area contributed by atoms with E-state index in [1.807, 2.05) is 12.1 Å². The highest BCUT2D eigenvalue weighted by Gasteiger charge is 2.48. The van der Waals surface area contributed by atoms with Gasteiger partial charge in [0.25, 0.3) is 0 Å². The Morgan fingerprint density at radius 3 is 2.52 bits per heavy atom. The van der Waals surface area contributed by atoms with Gasteiger partial charge in [-0.3, -0.25) is 4.79 Å². The zero-order valence-corrected chi connectivity index (χ0v) is 20.0. The third-order valence-corrected chi connectivity index (χ3v) is 9.30. The van der Waals surface area contributed by atoms with Crippen LogP contribution in [0.2, 0.25) is 0 Å². The van der Waals surface area contributed by atoms with Crippen LogP contribution in [0.15, 0.2) is 24.3 Å². The number of hydrogen-bond acceptors (Lipinski definition) is 5. The molecule has 3 unspecified atom stereocenters. The molecule has 3 atom stereocenters. The smallest absolute Gasteiger partial charge is 0.248 e. The molecule has 0 aromatic heterocycles. The second kappa shape index (κ2) is 10.0. The van der Waals surface area contributed by atoms with Crippen LogP contribution in [0, 0.1) is 17.8 Å². The first-order chi connectivity index (χ1) is 14.7. The normalized spacial score (nSPS) is 29.2. The lowest BCUT2D eigenvalue weighted by Gasteiger charge is -2.49. The predicted molar refractivity (Wildman–Crippen MR) is 124 cm³/mol. The number of nitrogens with zero attached hydrogens (tertiary/aromatic N) is 1. The van der Waals surface area contributed by atoms with Crippen LogP contribution in [-0.2, 0) is 20.2 Å². The number of sulfone groups is 1. The van der Waals surface area contributed by atoms with Crippen LogP contribution in [0.4, 0.5) is 0 Å². The van der Waals surface area contributed by atoms with E-state index in [9.17, 15) is 13.2 Å². The fourth-order valence-electron chi connectivity index (χ4n) is 5.78. The molecule has 0 radical (unpaired) electrons. The molecule has 7 heteroatoms. The van der Waals surface area contributed by atoms with Gasteiger partial charge in [0.1, 0.15) is 9.84 Å². The molecule has 1 saturated carbocycles. The molecule has 1 aromatic carbocycles. The summed E-state index contributed by atoms with van der Waals surface area (Å²) in [7, 11) is -1.05. The summed E-state index contributed by atoms with van der Waals surface area (Å²) in [4.78, 5) is 14.3. The molecule has 6 nitrogen and oxygen atoms in total. The van der Waals surface area contributed by atoms with Gasteiger partial charge in [-0.1, -0.05) is 32.4 Å². The van der Waals surface area contributed by atoms with Gasteiger partial charge in [-0.2, -0.15) is 0 Å². The summed E-state index contributed by atoms with van der Waals surface area (Å²) in [5, 5.41) is 0. The largest absolute Gasteiger partial charge is 0.373 e. The molecule has 1 heterocycles. The van der Waals surface area contributed by atoms with Crippen molar-refractivity contribution in [2.45, 2.75) is 51.6 Å². The number of methoxy groups -OCH3 is 1. The molecule has 1 saturated heterocycles. The maximum absolute atomic E-state index is 11.8. The highest BCUT2D eigenvalue weighted by molar-refractivity contribution is 7.91. The lowest BCUT2D eigenvalue weighted by Crippen LogP contribution is -2.51. The van der Waals surface area contributed by atoms with Gasteiger partial charge >= 0.3 is 0 Å². The van der Waals surface area contributed by atoms with E-state index in [1.54, 1.807) is 13.2 Å². The van der Waals surface area contributed by atoms with Gasteiger partial charge in [0.05, 0.1) is 17.1 Å². The molecule has 1 aliphatic carbocycles. The summed E-state index contributed by atoms with van der Waals surface area (Å²) in [5.74, 6) is 1.25. The lowest BCUT2D eigenvalue weighted by atomic mass is 9.65. The number of nitrogens with two attached hydrogens (primary N) is 1. The molecule has 2 N–H and O–H groups in total. The maximum Gasteiger partial charge on any atom is 0.248 e. The van der Waals surface area contributed by atoms with Crippen LogP contribution in [0.1, 0.15) is 61.9 Å². The number of carbonyl (C=O) groups is 1. The maximum atomic E-state index is 11.8. The van der Waals surface area contributed by atoms with Crippen molar-refractivity contribution >= 4 is 15.7 Å². The summed E-state index contributed by atoms with van der Waals surface area (Å²) < 4.78 is 29.9. The first kappa shape index (κ1) is 24.2. The van der Waals surface area contributed by atoms with Crippen LogP contribution >= 0.6 is 0 Å². The molecule has 0 bridgehead atoms. The highest BCUT2D eigenvalue weighted by Crippen LogP contribution is 2.48. The Labute approximate surface area is 187 Å². The van der Waals surface area contributed by atoms with Crippen LogP contribution in [-0.4, -0.2) is 57.5 Å². The summed E-state index contributed by atoms with van der Waals surface area (Å²) in [6.07, 6.45) is 4.82. The molecule has 174 valence electrons. The molecule has 0 spiro atoms. The minimum Gasteiger partial charge on any atom is -0.373 e. The van der Waals surface area contributed by atoms with Crippen LogP contribution < -0.4 is 5.73 Å². The number of ether oxygens (including phenoxy) is 1. The zero-order chi connectivity index (χ0) is 22.6. The predicted octanol–water partition coefficient (Wildman–Crippen LogP) is 3.21. The molecule has 1 aliphatic heterocycles. The van der Waals surface area contributed by atoms with E-state index < -0.39 is 21.3 Å². The first-order valence-corrected chi connectivity index (χ1v) is 13.4. The van der Waals surface area contributed by atoms with Gasteiger partial charge in [-0.15, -0.1) is 0 Å². The molecule has 31 heavy (non-hydrogen) atoms. The summed E-state index contributed by atoms with van der Waals surface area (Å²) in [6, 6.07) is 7.62. The second-order valence-corrected chi connectivity index (χ2v) is 11.7. The van der Waals surface area contributed by atoms with Gasteiger partial charge < -0.3 is 15.4 Å². The minimum absolute atomic E-state index is 0.289. The summed E-state index contributed by atoms with van der Waals surface area (Å²) in [6.45, 7) is 7.18. The van der Waals surface area contributed by atoms with Gasteiger partial charge in [-0.25, -0.2) is 8.42 Å². The standard InChI is InChI=1S/C24H38N2O4S/c1-4-26(16-19-11-13-31(28,29)14-12-19)17-22-10-5-7-18(2)24(22,30-3)21-9-6-8-20(15-21)23(25)27/h6,8-9,15,18-19,22H,4-5,7,10-14,16-17H2,1-3H3,(H2,25,27). The Kier molecular flexibility index (Phi) is 7.81. The van der Waals surface area contributed by atoms with E-state index in [0.717, 1.165) is 57.3 Å². The SMILES string of the molecule is CCN(CC1CCS(=O)(=O)CC1)CC1CCCC(C)C1(OC)c1cccc(C(N)=O)c1. The van der Waals surface area contributed by atoms with Crippen molar-refractivity contribution in [1.29, 1.82) is 0 Å². The highest BCUT2D eigenvalue weighted by atomic mass is 32.2. The van der Waals surface area contributed by atoms with Gasteiger partial charge in [0.15, 0.2) is 0 Å². The Hall–Kier alpha value is -1.44. The molecular weight excluding hydrogens is 412 g/mol. The van der Waals surface area contributed by atoms with E-state index in [4.69, 9.17) is 10.5 Å². The number of hydrogen-bond donors (Lipinski definition) is 1. The van der Waals surface area contributed by atoms with Crippen molar-refractivity contribution in [2.24, 2.45) is 23.5 Å². The quantitative estimate of drug-likeness (QED) is 0.657. The van der Waals surface area contributed by atoms with Gasteiger partial charge in [-0.05, 0) is 61.8 Å². The molecule has 1 amide bonds. The van der Waals surface area contributed by atoms with Crippen molar-refractivity contribution in [3.8, 4) is 0 Å². The van der Waals surface area contributed by atoms with E-state index in [0.29, 0.717) is 28.9 Å². The number of carbonyl (C=O) groups excluding carboxylic acids is 1. The number of amides is 1. The number of rotatable bonds is 8. The third-order valence-electron chi connectivity index (χ3n) is 7.58. The lowest BCUT2D eigenvalue weighted by molar-refractivity contribution is -0.133. The summed E-state index contributed by atoms with van der Waals surface area (Å²) in [5.41, 5.74) is 6.64. The van der Waals surface area contributed by atoms with Crippen LogP contribution in [0.5, 0.6) is 0 Å². The van der Waals surface area contributed by atoms with E-state index in [2.05, 4.69) is 24.8 Å². The Bertz CT molecular complexity index is 858. The van der Waals surface area contributed by atoms with Gasteiger partial charge in [0.2, 0.25) is 5.91 Å². The molecular formula is C24H38N2O4S. The topological polar surface area (TPSA) is 89.7 Å². The molecule has 2 fully saturated rings. The van der Waals surface area contributed by atoms with E-state index >= 15 is 0 Å².